The summed E-state index contributed by atoms with van der Waals surface area (Å²) in [5.41, 5.74) is 2.89. The number of anilines is 3. The van der Waals surface area contributed by atoms with Crippen molar-refractivity contribution in [2.24, 2.45) is 5.92 Å². The second-order valence-corrected chi connectivity index (χ2v) is 9.90. The number of piperidine rings is 1. The summed E-state index contributed by atoms with van der Waals surface area (Å²) in [6.07, 6.45) is 6.63. The molecule has 3 aromatic heterocycles. The van der Waals surface area contributed by atoms with Gasteiger partial charge in [-0.25, -0.2) is 14.8 Å². The average Bonchev–Trinajstić information content (AvgIpc) is 2.89. The van der Waals surface area contributed by atoms with E-state index in [1.165, 1.54) is 0 Å². The molecule has 0 bridgehead atoms. The predicted octanol–water partition coefficient (Wildman–Crippen LogP) is 5.76. The number of alkyl carbamates (subject to hydrolysis) is 1. The van der Waals surface area contributed by atoms with Crippen LogP contribution in [0.15, 0.2) is 36.7 Å². The molecule has 196 valence electrons. The van der Waals surface area contributed by atoms with Gasteiger partial charge < -0.3 is 20.3 Å². The van der Waals surface area contributed by atoms with Crippen molar-refractivity contribution in [2.45, 2.75) is 52.5 Å². The second-order valence-electron chi connectivity index (χ2n) is 9.52. The molecule has 0 unspecified atom stereocenters. The summed E-state index contributed by atoms with van der Waals surface area (Å²) in [5.74, 6) is 0.572. The van der Waals surface area contributed by atoms with Gasteiger partial charge in [0, 0.05) is 31.2 Å². The van der Waals surface area contributed by atoms with Crippen LogP contribution in [-0.4, -0.2) is 52.6 Å². The fourth-order valence-corrected chi connectivity index (χ4v) is 4.43. The number of pyridine rings is 3. The van der Waals surface area contributed by atoms with Crippen LogP contribution in [0, 0.1) is 5.92 Å². The summed E-state index contributed by atoms with van der Waals surface area (Å²) < 4.78 is 5.24. The maximum Gasteiger partial charge on any atom is 0.407 e. The second kappa shape index (κ2) is 12.2. The van der Waals surface area contributed by atoms with Gasteiger partial charge >= 0.3 is 6.09 Å². The maximum absolute atomic E-state index is 12.9. The number of hydrogen-bond donors (Lipinski definition) is 2. The number of amides is 1. The minimum atomic E-state index is -0.363. The van der Waals surface area contributed by atoms with Crippen LogP contribution in [0.5, 0.6) is 0 Å². The lowest BCUT2D eigenvalue weighted by Crippen LogP contribution is -2.48. The standard InChI is InChI=1S/C27H33ClN6O3/c1-4-5-13-37-27(36)32-19-7-6-12-34(16-19)23-11-8-18(14-30-23)31-24-20(26(35)17(2)3)15-29-21-9-10-22(28)33-25(21)24/h8-11,14-15,17,19H,4-7,12-13,16H2,1-3H3,(H,29,31)(H,32,36)/t19-/m1/s1. The van der Waals surface area contributed by atoms with Crippen LogP contribution in [0.4, 0.5) is 22.0 Å². The van der Waals surface area contributed by atoms with Crippen molar-refractivity contribution in [2.75, 3.05) is 29.9 Å². The van der Waals surface area contributed by atoms with E-state index in [9.17, 15) is 9.59 Å². The molecule has 2 N–H and O–H groups in total. The highest BCUT2D eigenvalue weighted by Gasteiger charge is 2.23. The topological polar surface area (TPSA) is 109 Å². The van der Waals surface area contributed by atoms with Gasteiger partial charge in [-0.2, -0.15) is 0 Å². The third kappa shape index (κ3) is 6.65. The van der Waals surface area contributed by atoms with E-state index in [-0.39, 0.29) is 23.8 Å². The Labute approximate surface area is 222 Å². The van der Waals surface area contributed by atoms with Crippen LogP contribution in [0.2, 0.25) is 5.15 Å². The smallest absolute Gasteiger partial charge is 0.407 e. The number of ketones is 1. The van der Waals surface area contributed by atoms with Gasteiger partial charge in [-0.3, -0.25) is 9.78 Å². The highest BCUT2D eigenvalue weighted by atomic mass is 35.5. The van der Waals surface area contributed by atoms with Gasteiger partial charge in [0.25, 0.3) is 0 Å². The first-order valence-electron chi connectivity index (χ1n) is 12.8. The molecule has 37 heavy (non-hydrogen) atoms. The van der Waals surface area contributed by atoms with Crippen LogP contribution in [0.1, 0.15) is 56.8 Å². The highest BCUT2D eigenvalue weighted by Crippen LogP contribution is 2.31. The SMILES string of the molecule is CCCCOC(=O)N[C@@H]1CCCN(c2ccc(Nc3c(C(=O)C(C)C)cnc4ccc(Cl)nc34)cn2)C1. The van der Waals surface area contributed by atoms with Crippen molar-refractivity contribution in [3.8, 4) is 0 Å². The molecular formula is C27H33ClN6O3. The summed E-state index contributed by atoms with van der Waals surface area (Å²) in [5, 5.41) is 6.62. The first-order valence-corrected chi connectivity index (χ1v) is 13.1. The number of aromatic nitrogens is 3. The molecule has 10 heteroatoms. The Morgan fingerprint density at radius 2 is 2.03 bits per heavy atom. The van der Waals surface area contributed by atoms with E-state index in [4.69, 9.17) is 16.3 Å². The molecule has 9 nitrogen and oxygen atoms in total. The maximum atomic E-state index is 12.9. The van der Waals surface area contributed by atoms with Gasteiger partial charge in [0.05, 0.1) is 35.3 Å². The highest BCUT2D eigenvalue weighted by molar-refractivity contribution is 6.30. The van der Waals surface area contributed by atoms with Crippen molar-refractivity contribution in [3.63, 3.8) is 0 Å². The van der Waals surface area contributed by atoms with E-state index in [0.717, 1.165) is 38.0 Å². The zero-order valence-electron chi connectivity index (χ0n) is 21.5. The Balaban J connectivity index is 1.50. The number of fused-ring (bicyclic) bond motifs is 1. The van der Waals surface area contributed by atoms with Crippen LogP contribution in [0.3, 0.4) is 0 Å². The third-order valence-corrected chi connectivity index (χ3v) is 6.49. The number of rotatable bonds is 9. The number of nitrogens with one attached hydrogen (secondary N) is 2. The molecule has 1 aliphatic heterocycles. The van der Waals surface area contributed by atoms with Gasteiger partial charge in [0.2, 0.25) is 0 Å². The third-order valence-electron chi connectivity index (χ3n) is 6.28. The lowest BCUT2D eigenvalue weighted by atomic mass is 10.00. The number of Topliss-reactive ketones (excluding diaryl/α,β-unsaturated/α-hetero) is 1. The molecule has 0 saturated carbocycles. The van der Waals surface area contributed by atoms with E-state index in [2.05, 4.69) is 37.4 Å². The summed E-state index contributed by atoms with van der Waals surface area (Å²) in [6.45, 7) is 7.71. The Morgan fingerprint density at radius 1 is 1.19 bits per heavy atom. The van der Waals surface area contributed by atoms with Crippen molar-refractivity contribution in [1.29, 1.82) is 0 Å². The minimum absolute atomic E-state index is 0.00564. The molecule has 1 aliphatic rings. The monoisotopic (exact) mass is 524 g/mol. The Hall–Kier alpha value is -3.46. The molecule has 0 aromatic carbocycles. The lowest BCUT2D eigenvalue weighted by Gasteiger charge is -2.33. The van der Waals surface area contributed by atoms with Crippen LogP contribution in [0.25, 0.3) is 11.0 Å². The number of carbonyl (C=O) groups excluding carboxylic acids is 2. The van der Waals surface area contributed by atoms with Crippen LogP contribution in [-0.2, 0) is 4.74 Å². The first kappa shape index (κ1) is 26.6. The van der Waals surface area contributed by atoms with Gasteiger partial charge in [0.15, 0.2) is 5.78 Å². The lowest BCUT2D eigenvalue weighted by molar-refractivity contribution is 0.0940. The Bertz CT molecular complexity index is 1250. The van der Waals surface area contributed by atoms with Crippen molar-refractivity contribution in [1.82, 2.24) is 20.3 Å². The van der Waals surface area contributed by atoms with Crippen molar-refractivity contribution in [3.05, 3.63) is 47.4 Å². The summed E-state index contributed by atoms with van der Waals surface area (Å²) in [4.78, 5) is 40.6. The van der Waals surface area contributed by atoms with Crippen molar-refractivity contribution < 1.29 is 14.3 Å². The van der Waals surface area contributed by atoms with Gasteiger partial charge in [-0.05, 0) is 43.5 Å². The molecule has 0 aliphatic carbocycles. The molecule has 1 atom stereocenters. The van der Waals surface area contributed by atoms with Crippen molar-refractivity contribution >= 4 is 51.7 Å². The molecule has 0 radical (unpaired) electrons. The minimum Gasteiger partial charge on any atom is -0.450 e. The summed E-state index contributed by atoms with van der Waals surface area (Å²) in [7, 11) is 0. The number of ether oxygens (including phenoxy) is 1. The fraction of sp³-hybridized carbons (Fsp3) is 0.444. The molecule has 1 saturated heterocycles. The molecule has 1 fully saturated rings. The number of hydrogen-bond acceptors (Lipinski definition) is 8. The van der Waals surface area contributed by atoms with E-state index in [1.54, 1.807) is 24.5 Å². The van der Waals surface area contributed by atoms with Gasteiger partial charge in [0.1, 0.15) is 16.5 Å². The van der Waals surface area contributed by atoms with E-state index < -0.39 is 0 Å². The predicted molar refractivity (Wildman–Crippen MR) is 146 cm³/mol. The first-order chi connectivity index (χ1) is 17.9. The molecule has 4 heterocycles. The molecule has 1 amide bonds. The number of carbonyl (C=O) groups is 2. The van der Waals surface area contributed by atoms with E-state index >= 15 is 0 Å². The quantitative estimate of drug-likeness (QED) is 0.207. The normalized spacial score (nSPS) is 15.6. The average molecular weight is 525 g/mol. The van der Waals surface area contributed by atoms with E-state index in [1.807, 2.05) is 26.0 Å². The largest absolute Gasteiger partial charge is 0.450 e. The fourth-order valence-electron chi connectivity index (χ4n) is 4.28. The summed E-state index contributed by atoms with van der Waals surface area (Å²) in [6, 6.07) is 7.30. The number of unbranched alkanes of at least 4 members (excludes halogenated alkanes) is 1. The van der Waals surface area contributed by atoms with Crippen LogP contribution >= 0.6 is 11.6 Å². The van der Waals surface area contributed by atoms with Gasteiger partial charge in [-0.15, -0.1) is 0 Å². The Morgan fingerprint density at radius 3 is 2.76 bits per heavy atom. The Kier molecular flexibility index (Phi) is 8.76. The molecule has 4 rings (SSSR count). The zero-order valence-corrected chi connectivity index (χ0v) is 22.2. The summed E-state index contributed by atoms with van der Waals surface area (Å²) >= 11 is 6.17. The number of nitrogens with zero attached hydrogens (tertiary/aromatic N) is 4. The molecular weight excluding hydrogens is 492 g/mol. The molecule has 0 spiro atoms. The van der Waals surface area contributed by atoms with E-state index in [0.29, 0.717) is 46.3 Å². The van der Waals surface area contributed by atoms with Gasteiger partial charge in [-0.1, -0.05) is 38.8 Å². The zero-order chi connectivity index (χ0) is 26.4. The molecule has 3 aromatic rings. The van der Waals surface area contributed by atoms with Crippen LogP contribution < -0.4 is 15.5 Å². The number of halogens is 1.